The van der Waals surface area contributed by atoms with Crippen LogP contribution in [0.1, 0.15) is 0 Å². The van der Waals surface area contributed by atoms with E-state index in [1.807, 2.05) is 30.3 Å². The minimum Gasteiger partial charge on any atom is -0.338 e. The Morgan fingerprint density at radius 1 is 0.960 bits per heavy atom. The lowest BCUT2D eigenvalue weighted by molar-refractivity contribution is 0.250. The third-order valence-electron chi connectivity index (χ3n) is 3.43. The first-order valence-electron chi connectivity index (χ1n) is 7.12. The van der Waals surface area contributed by atoms with Gasteiger partial charge in [-0.2, -0.15) is 0 Å². The molecule has 0 unspecified atom stereocenters. The summed E-state index contributed by atoms with van der Waals surface area (Å²) in [5, 5.41) is 3.22. The van der Waals surface area contributed by atoms with Crippen LogP contribution in [-0.2, 0) is 27.2 Å². The zero-order valence-electron chi connectivity index (χ0n) is 14.2. The van der Waals surface area contributed by atoms with Crippen LogP contribution >= 0.6 is 26.5 Å². The summed E-state index contributed by atoms with van der Waals surface area (Å²) in [5.74, 6) is 0. The van der Waals surface area contributed by atoms with Crippen LogP contribution in [0.5, 0.6) is 0 Å². The SMILES string of the molecule is COP(=O)(OC)C(Nc1ncc(-c2ccccc2)s1)P(=O)(OC)OC. The first-order valence-corrected chi connectivity index (χ1v) is 11.2. The molecule has 8 nitrogen and oxygen atoms in total. The zero-order valence-corrected chi connectivity index (χ0v) is 16.8. The van der Waals surface area contributed by atoms with Crippen LogP contribution in [0.3, 0.4) is 0 Å². The Morgan fingerprint density at radius 3 is 1.96 bits per heavy atom. The van der Waals surface area contributed by atoms with Gasteiger partial charge in [-0.1, -0.05) is 41.7 Å². The van der Waals surface area contributed by atoms with E-state index in [0.29, 0.717) is 5.13 Å². The average Bonchev–Trinajstić information content (AvgIpc) is 3.14. The van der Waals surface area contributed by atoms with Gasteiger partial charge in [0.15, 0.2) is 5.13 Å². The number of aromatic nitrogens is 1. The van der Waals surface area contributed by atoms with Gasteiger partial charge in [0.2, 0.25) is 5.52 Å². The molecule has 1 N–H and O–H groups in total. The number of anilines is 1. The van der Waals surface area contributed by atoms with Crippen LogP contribution < -0.4 is 5.32 Å². The molecular formula is C14H20N2O6P2S. The van der Waals surface area contributed by atoms with Crippen molar-refractivity contribution in [3.63, 3.8) is 0 Å². The predicted octanol–water partition coefficient (Wildman–Crippen LogP) is 4.48. The van der Waals surface area contributed by atoms with Gasteiger partial charge >= 0.3 is 15.2 Å². The van der Waals surface area contributed by atoms with Gasteiger partial charge in [-0.3, -0.25) is 9.13 Å². The van der Waals surface area contributed by atoms with Crippen molar-refractivity contribution in [3.05, 3.63) is 36.5 Å². The van der Waals surface area contributed by atoms with Gasteiger partial charge in [0, 0.05) is 34.6 Å². The van der Waals surface area contributed by atoms with Crippen LogP contribution in [0, 0.1) is 0 Å². The van der Waals surface area contributed by atoms with Gasteiger partial charge in [0.05, 0.1) is 4.88 Å². The van der Waals surface area contributed by atoms with Crippen molar-refractivity contribution in [1.82, 2.24) is 4.98 Å². The highest BCUT2D eigenvalue weighted by atomic mass is 32.1. The van der Waals surface area contributed by atoms with Crippen molar-refractivity contribution < 1.29 is 27.2 Å². The van der Waals surface area contributed by atoms with Crippen LogP contribution in [-0.4, -0.2) is 38.9 Å². The zero-order chi connectivity index (χ0) is 18.5. The molecule has 2 rings (SSSR count). The molecule has 0 atom stereocenters. The Bertz CT molecular complexity index is 743. The fourth-order valence-corrected chi connectivity index (χ4v) is 7.27. The molecule has 0 aliphatic heterocycles. The van der Waals surface area contributed by atoms with Gasteiger partial charge in [0.25, 0.3) is 0 Å². The molecule has 0 spiro atoms. The van der Waals surface area contributed by atoms with E-state index >= 15 is 0 Å². The van der Waals surface area contributed by atoms with E-state index < -0.39 is 20.7 Å². The molecule has 1 aromatic heterocycles. The second-order valence-corrected chi connectivity index (χ2v) is 10.8. The number of thiazole rings is 1. The van der Waals surface area contributed by atoms with E-state index in [-0.39, 0.29) is 0 Å². The molecule has 0 fully saturated rings. The van der Waals surface area contributed by atoms with E-state index in [1.54, 1.807) is 6.20 Å². The Morgan fingerprint density at radius 2 is 1.48 bits per heavy atom. The second kappa shape index (κ2) is 8.56. The monoisotopic (exact) mass is 406 g/mol. The molecule has 0 saturated carbocycles. The summed E-state index contributed by atoms with van der Waals surface area (Å²) in [4.78, 5) is 5.12. The summed E-state index contributed by atoms with van der Waals surface area (Å²) in [6.45, 7) is 0. The standard InChI is InChI=1S/C14H20N2O6P2S/c1-19-23(17,20-2)14(24(18,21-3)22-4)16-13-15-10-12(25-13)11-8-6-5-7-9-11/h5-10,14H,1-4H3,(H,15,16). The summed E-state index contributed by atoms with van der Waals surface area (Å²) < 4.78 is 45.6. The molecule has 0 bridgehead atoms. The number of nitrogens with zero attached hydrogens (tertiary/aromatic N) is 1. The lowest BCUT2D eigenvalue weighted by atomic mass is 10.2. The molecule has 11 heteroatoms. The first kappa shape index (κ1) is 20.3. The Hall–Kier alpha value is -1.05. The van der Waals surface area contributed by atoms with E-state index in [4.69, 9.17) is 18.1 Å². The summed E-state index contributed by atoms with van der Waals surface area (Å²) in [7, 11) is -2.86. The molecule has 0 radical (unpaired) electrons. The molecule has 1 heterocycles. The number of hydrogen-bond donors (Lipinski definition) is 1. The normalized spacial score (nSPS) is 12.5. The van der Waals surface area contributed by atoms with Gasteiger partial charge in [-0.25, -0.2) is 4.98 Å². The molecule has 0 saturated heterocycles. The number of nitrogens with one attached hydrogen (secondary N) is 1. The molecule has 0 aliphatic carbocycles. The smallest absolute Gasteiger partial charge is 0.338 e. The maximum Gasteiger partial charge on any atom is 0.364 e. The lowest BCUT2D eigenvalue weighted by Crippen LogP contribution is -2.23. The minimum atomic E-state index is -3.83. The molecule has 2 aromatic rings. The fraction of sp³-hybridized carbons (Fsp3) is 0.357. The Balaban J connectivity index is 2.36. The summed E-state index contributed by atoms with van der Waals surface area (Å²) >= 11 is 1.30. The van der Waals surface area contributed by atoms with Crippen molar-refractivity contribution in [3.8, 4) is 10.4 Å². The maximum atomic E-state index is 12.8. The number of benzene rings is 1. The average molecular weight is 406 g/mol. The van der Waals surface area contributed by atoms with Gasteiger partial charge in [-0.15, -0.1) is 0 Å². The van der Waals surface area contributed by atoms with Gasteiger partial charge in [-0.05, 0) is 5.56 Å². The van der Waals surface area contributed by atoms with Crippen LogP contribution in [0.4, 0.5) is 5.13 Å². The van der Waals surface area contributed by atoms with Crippen molar-refractivity contribution >= 4 is 31.7 Å². The molecule has 25 heavy (non-hydrogen) atoms. The van der Waals surface area contributed by atoms with Crippen LogP contribution in [0.15, 0.2) is 36.5 Å². The van der Waals surface area contributed by atoms with Crippen molar-refractivity contribution in [1.29, 1.82) is 0 Å². The molecule has 0 amide bonds. The lowest BCUT2D eigenvalue weighted by Gasteiger charge is -2.29. The van der Waals surface area contributed by atoms with E-state index in [2.05, 4.69) is 10.3 Å². The third-order valence-corrected chi connectivity index (χ3v) is 9.60. The summed E-state index contributed by atoms with van der Waals surface area (Å²) in [6, 6.07) is 9.64. The fourth-order valence-electron chi connectivity index (χ4n) is 2.07. The maximum absolute atomic E-state index is 12.8. The van der Waals surface area contributed by atoms with E-state index in [9.17, 15) is 9.13 Å². The van der Waals surface area contributed by atoms with Crippen molar-refractivity contribution in [2.75, 3.05) is 33.8 Å². The third kappa shape index (κ3) is 4.38. The first-order chi connectivity index (χ1) is 11.9. The highest BCUT2D eigenvalue weighted by Gasteiger charge is 2.50. The summed E-state index contributed by atoms with van der Waals surface area (Å²) in [5.41, 5.74) is -0.382. The van der Waals surface area contributed by atoms with Crippen LogP contribution in [0.25, 0.3) is 10.4 Å². The molecule has 138 valence electrons. The van der Waals surface area contributed by atoms with E-state index in [0.717, 1.165) is 10.4 Å². The largest absolute Gasteiger partial charge is 0.364 e. The Kier molecular flexibility index (Phi) is 6.93. The van der Waals surface area contributed by atoms with Gasteiger partial charge in [0.1, 0.15) is 0 Å². The molecule has 1 aromatic carbocycles. The Labute approximate surface area is 150 Å². The van der Waals surface area contributed by atoms with Crippen molar-refractivity contribution in [2.45, 2.75) is 5.52 Å². The minimum absolute atomic E-state index is 0.382. The topological polar surface area (TPSA) is 96.0 Å². The van der Waals surface area contributed by atoms with Gasteiger partial charge < -0.3 is 23.4 Å². The highest BCUT2D eigenvalue weighted by molar-refractivity contribution is 7.72. The number of rotatable bonds is 9. The highest BCUT2D eigenvalue weighted by Crippen LogP contribution is 2.69. The number of hydrogen-bond acceptors (Lipinski definition) is 9. The molecule has 0 aliphatic rings. The second-order valence-electron chi connectivity index (χ2n) is 4.72. The summed E-state index contributed by atoms with van der Waals surface area (Å²) in [6.07, 6.45) is 1.66. The quantitative estimate of drug-likeness (QED) is 0.609. The van der Waals surface area contributed by atoms with Crippen molar-refractivity contribution in [2.24, 2.45) is 0 Å². The molecular weight excluding hydrogens is 386 g/mol. The van der Waals surface area contributed by atoms with E-state index in [1.165, 1.54) is 39.8 Å². The van der Waals surface area contributed by atoms with Crippen LogP contribution in [0.2, 0.25) is 0 Å². The predicted molar refractivity (Wildman–Crippen MR) is 98.2 cm³/mol.